The van der Waals surface area contributed by atoms with Gasteiger partial charge in [-0.25, -0.2) is 13.2 Å². The first kappa shape index (κ1) is 16.4. The summed E-state index contributed by atoms with van der Waals surface area (Å²) in [6.45, 7) is 0.891. The summed E-state index contributed by atoms with van der Waals surface area (Å²) in [6.07, 6.45) is 4.49. The number of ether oxygens (including phenoxy) is 1. The van der Waals surface area contributed by atoms with Crippen molar-refractivity contribution in [1.29, 1.82) is 0 Å². The molecule has 0 aliphatic heterocycles. The Hall–Kier alpha value is -1.97. The Morgan fingerprint density at radius 3 is 2.09 bits per heavy atom. The van der Waals surface area contributed by atoms with Gasteiger partial charge in [-0.1, -0.05) is 44.0 Å². The summed E-state index contributed by atoms with van der Waals surface area (Å²) in [4.78, 5) is 0. The van der Waals surface area contributed by atoms with Gasteiger partial charge in [-0.15, -0.1) is 0 Å². The normalized spacial score (nSPS) is 10.7. The molecule has 0 radical (unpaired) electrons. The molecule has 4 heteroatoms. The number of benzene rings is 2. The van der Waals surface area contributed by atoms with Crippen LogP contribution in [0, 0.1) is 11.6 Å². The van der Waals surface area contributed by atoms with Gasteiger partial charge in [0.1, 0.15) is 0 Å². The first-order chi connectivity index (χ1) is 10.7. The first-order valence-electron chi connectivity index (χ1n) is 7.42. The average molecular weight is 308 g/mol. The van der Waals surface area contributed by atoms with E-state index >= 15 is 0 Å². The highest BCUT2D eigenvalue weighted by molar-refractivity contribution is 5.65. The van der Waals surface area contributed by atoms with Gasteiger partial charge >= 0.3 is 0 Å². The molecule has 22 heavy (non-hydrogen) atoms. The number of hydrogen-bond acceptors (Lipinski definition) is 1. The van der Waals surface area contributed by atoms with Gasteiger partial charge in [-0.05, 0) is 41.7 Å². The highest BCUT2D eigenvalue weighted by Gasteiger charge is 2.13. The van der Waals surface area contributed by atoms with Gasteiger partial charge in [-0.2, -0.15) is 0 Å². The fraction of sp³-hybridized carbons (Fsp3) is 0.333. The lowest BCUT2D eigenvalue weighted by Crippen LogP contribution is -1.97. The summed E-state index contributed by atoms with van der Waals surface area (Å²) in [5.41, 5.74) is 2.32. The number of unbranched alkanes of at least 4 members (excludes halogenated alkanes) is 2. The van der Waals surface area contributed by atoms with Gasteiger partial charge in [0.2, 0.25) is 6.86 Å². The Balaban J connectivity index is 2.18. The predicted molar refractivity (Wildman–Crippen MR) is 81.6 cm³/mol. The fourth-order valence-corrected chi connectivity index (χ4v) is 2.36. The van der Waals surface area contributed by atoms with Crippen LogP contribution in [0.15, 0.2) is 36.4 Å². The molecule has 0 heterocycles. The highest BCUT2D eigenvalue weighted by atomic mass is 19.1. The van der Waals surface area contributed by atoms with Gasteiger partial charge in [0.25, 0.3) is 0 Å². The molecule has 2 aromatic carbocycles. The topological polar surface area (TPSA) is 9.23 Å². The van der Waals surface area contributed by atoms with E-state index in [1.807, 2.05) is 24.3 Å². The molecule has 0 aliphatic rings. The van der Waals surface area contributed by atoms with Crippen molar-refractivity contribution >= 4 is 0 Å². The third-order valence-electron chi connectivity index (χ3n) is 3.55. The summed E-state index contributed by atoms with van der Waals surface area (Å²) < 4.78 is 43.9. The third kappa shape index (κ3) is 4.03. The summed E-state index contributed by atoms with van der Waals surface area (Å²) in [5.74, 6) is -2.48. The molecule has 0 aliphatic carbocycles. The van der Waals surface area contributed by atoms with Crippen LogP contribution in [0.1, 0.15) is 31.7 Å². The molecule has 0 unspecified atom stereocenters. The number of hydrogen-bond donors (Lipinski definition) is 0. The molecular weight excluding hydrogens is 289 g/mol. The maximum absolute atomic E-state index is 13.7. The summed E-state index contributed by atoms with van der Waals surface area (Å²) in [5, 5.41) is 0. The quantitative estimate of drug-likeness (QED) is 0.599. The zero-order valence-electron chi connectivity index (χ0n) is 12.5. The zero-order valence-corrected chi connectivity index (χ0v) is 12.5. The SMILES string of the molecule is CCCCCc1ccc(-c2cc(F)c(OCF)c(F)c2)cc1. The number of alkyl halides is 1. The van der Waals surface area contributed by atoms with Crippen LogP contribution in [0.2, 0.25) is 0 Å². The van der Waals surface area contributed by atoms with Crippen molar-refractivity contribution in [2.24, 2.45) is 0 Å². The van der Waals surface area contributed by atoms with E-state index in [0.717, 1.165) is 25.0 Å². The second kappa shape index (κ2) is 7.87. The Morgan fingerprint density at radius 1 is 0.909 bits per heavy atom. The van der Waals surface area contributed by atoms with Crippen molar-refractivity contribution in [3.05, 3.63) is 53.6 Å². The molecule has 2 aromatic rings. The smallest absolute Gasteiger partial charge is 0.228 e. The van der Waals surface area contributed by atoms with Gasteiger partial charge < -0.3 is 4.74 Å². The van der Waals surface area contributed by atoms with E-state index in [-0.39, 0.29) is 0 Å². The van der Waals surface area contributed by atoms with Crippen molar-refractivity contribution in [3.63, 3.8) is 0 Å². The van der Waals surface area contributed by atoms with Crippen LogP contribution in [0.4, 0.5) is 13.2 Å². The number of rotatable bonds is 7. The fourth-order valence-electron chi connectivity index (χ4n) is 2.36. The number of halogens is 3. The lowest BCUT2D eigenvalue weighted by molar-refractivity contribution is 0.176. The third-order valence-corrected chi connectivity index (χ3v) is 3.55. The van der Waals surface area contributed by atoms with Crippen molar-refractivity contribution in [3.8, 4) is 16.9 Å². The van der Waals surface area contributed by atoms with Gasteiger partial charge in [0.15, 0.2) is 17.4 Å². The maximum Gasteiger partial charge on any atom is 0.228 e. The van der Waals surface area contributed by atoms with Crippen LogP contribution in [0.25, 0.3) is 11.1 Å². The van der Waals surface area contributed by atoms with E-state index < -0.39 is 24.2 Å². The Morgan fingerprint density at radius 2 is 1.55 bits per heavy atom. The van der Waals surface area contributed by atoms with Crippen molar-refractivity contribution in [1.82, 2.24) is 0 Å². The Labute approximate surface area is 128 Å². The molecule has 0 bridgehead atoms. The second-order valence-corrected chi connectivity index (χ2v) is 5.18. The molecule has 0 aromatic heterocycles. The van der Waals surface area contributed by atoms with Crippen LogP contribution in [0.3, 0.4) is 0 Å². The summed E-state index contributed by atoms with van der Waals surface area (Å²) >= 11 is 0. The molecule has 0 atom stereocenters. The molecule has 0 fully saturated rings. The molecule has 0 amide bonds. The molecule has 1 nitrogen and oxygen atoms in total. The van der Waals surface area contributed by atoms with Crippen LogP contribution >= 0.6 is 0 Å². The predicted octanol–water partition coefficient (Wildman–Crippen LogP) is 5.67. The van der Waals surface area contributed by atoms with Gasteiger partial charge in [-0.3, -0.25) is 0 Å². The largest absolute Gasteiger partial charge is 0.457 e. The van der Waals surface area contributed by atoms with E-state index in [0.29, 0.717) is 11.1 Å². The maximum atomic E-state index is 13.7. The van der Waals surface area contributed by atoms with Crippen molar-refractivity contribution in [2.45, 2.75) is 32.6 Å². The monoisotopic (exact) mass is 308 g/mol. The molecular formula is C18H19F3O. The minimum atomic E-state index is -1.26. The lowest BCUT2D eigenvalue weighted by atomic mass is 10.0. The van der Waals surface area contributed by atoms with Crippen molar-refractivity contribution in [2.75, 3.05) is 6.86 Å². The Bertz CT molecular complexity index is 585. The van der Waals surface area contributed by atoms with E-state index in [2.05, 4.69) is 11.7 Å². The lowest BCUT2D eigenvalue weighted by Gasteiger charge is -2.09. The molecule has 0 spiro atoms. The minimum Gasteiger partial charge on any atom is -0.457 e. The summed E-state index contributed by atoms with van der Waals surface area (Å²) in [6, 6.07) is 9.91. The van der Waals surface area contributed by atoms with Crippen molar-refractivity contribution < 1.29 is 17.9 Å². The zero-order chi connectivity index (χ0) is 15.9. The molecule has 118 valence electrons. The average Bonchev–Trinajstić information content (AvgIpc) is 2.52. The van der Waals surface area contributed by atoms with E-state index in [1.54, 1.807) is 0 Å². The molecule has 0 saturated carbocycles. The van der Waals surface area contributed by atoms with E-state index in [1.165, 1.54) is 18.4 Å². The molecule has 0 saturated heterocycles. The van der Waals surface area contributed by atoms with Gasteiger partial charge in [0, 0.05) is 0 Å². The minimum absolute atomic E-state index is 0.404. The highest BCUT2D eigenvalue weighted by Crippen LogP contribution is 2.29. The van der Waals surface area contributed by atoms with Crippen LogP contribution in [0.5, 0.6) is 5.75 Å². The second-order valence-electron chi connectivity index (χ2n) is 5.18. The van der Waals surface area contributed by atoms with Gasteiger partial charge in [0.05, 0.1) is 0 Å². The number of aryl methyl sites for hydroxylation is 1. The molecule has 0 N–H and O–H groups in total. The molecule has 2 rings (SSSR count). The standard InChI is InChI=1S/C18H19F3O/c1-2-3-4-5-13-6-8-14(9-7-13)15-10-16(20)18(22-12-19)17(21)11-15/h6-11H,2-5,12H2,1H3. The summed E-state index contributed by atoms with van der Waals surface area (Å²) in [7, 11) is 0. The van der Waals surface area contributed by atoms with E-state index in [9.17, 15) is 13.2 Å². The van der Waals surface area contributed by atoms with Crippen LogP contribution < -0.4 is 4.74 Å². The Kier molecular flexibility index (Phi) is 5.87. The van der Waals surface area contributed by atoms with E-state index in [4.69, 9.17) is 0 Å². The van der Waals surface area contributed by atoms with Crippen LogP contribution in [-0.2, 0) is 6.42 Å². The first-order valence-corrected chi connectivity index (χ1v) is 7.42. The van der Waals surface area contributed by atoms with Crippen LogP contribution in [-0.4, -0.2) is 6.86 Å².